The monoisotopic (exact) mass is 357 g/mol. The first kappa shape index (κ1) is 17.6. The highest BCUT2D eigenvalue weighted by molar-refractivity contribution is 5.60. The van der Waals surface area contributed by atoms with Crippen LogP contribution in [0.3, 0.4) is 0 Å². The molecule has 0 saturated carbocycles. The number of hydrogen-bond acceptors (Lipinski definition) is 10. The smallest absolute Gasteiger partial charge is 0.436 e. The number of methoxy groups -OCH3 is 1. The van der Waals surface area contributed by atoms with Crippen molar-refractivity contribution in [3.05, 3.63) is 22.7 Å². The van der Waals surface area contributed by atoms with Gasteiger partial charge in [-0.2, -0.15) is 10.5 Å². The molecule has 0 radical (unpaired) electrons. The predicted octanol–water partition coefficient (Wildman–Crippen LogP) is -0.237. The van der Waals surface area contributed by atoms with Crippen LogP contribution in [-0.2, 0) is 23.8 Å². The number of aliphatic hydroxyl groups excluding tert-OH is 1. The van der Waals surface area contributed by atoms with E-state index in [2.05, 4.69) is 20.0 Å². The van der Waals surface area contributed by atoms with Gasteiger partial charge in [-0.25, -0.2) is 9.59 Å². The molecule has 11 nitrogen and oxygen atoms in total. The van der Waals surface area contributed by atoms with Crippen LogP contribution in [0.2, 0.25) is 0 Å². The summed E-state index contributed by atoms with van der Waals surface area (Å²) in [6.07, 6.45) is -2.07. The molecule has 1 aromatic heterocycles. The first-order valence-corrected chi connectivity index (χ1v) is 7.56. The van der Waals surface area contributed by atoms with Crippen LogP contribution >= 0.6 is 0 Å². The summed E-state index contributed by atoms with van der Waals surface area (Å²) in [7, 11) is 1.14. The maximum Gasteiger partial charge on any atom is 0.532 e. The van der Waals surface area contributed by atoms with Crippen LogP contribution in [0.4, 0.5) is 10.6 Å². The number of carbonyl (C=O) groups excluding carboxylic acids is 1. The maximum absolute atomic E-state index is 12.3. The molecule has 0 spiro atoms. The molecule has 11 heteroatoms. The van der Waals surface area contributed by atoms with Crippen molar-refractivity contribution in [2.24, 2.45) is 0 Å². The Bertz CT molecular complexity index is 706. The van der Waals surface area contributed by atoms with Gasteiger partial charge in [-0.3, -0.25) is 4.57 Å². The number of hydrogen-bond donors (Lipinski definition) is 2. The normalized spacial score (nSPS) is 29.9. The molecule has 0 aliphatic carbocycles. The van der Waals surface area contributed by atoms with E-state index in [-0.39, 0.29) is 12.4 Å². The molecule has 4 atom stereocenters. The summed E-state index contributed by atoms with van der Waals surface area (Å²) in [6, 6.07) is 1.41. The molecule has 3 rings (SSSR count). The summed E-state index contributed by atoms with van der Waals surface area (Å²) >= 11 is 0. The van der Waals surface area contributed by atoms with E-state index in [4.69, 9.17) is 14.2 Å². The third kappa shape index (κ3) is 3.44. The fourth-order valence-corrected chi connectivity index (χ4v) is 2.83. The van der Waals surface area contributed by atoms with Gasteiger partial charge in [-0.1, -0.05) is 0 Å². The van der Waals surface area contributed by atoms with Crippen molar-refractivity contribution < 1.29 is 33.7 Å². The van der Waals surface area contributed by atoms with Crippen molar-refractivity contribution >= 4 is 12.0 Å². The third-order valence-corrected chi connectivity index (χ3v) is 3.81. The van der Waals surface area contributed by atoms with Crippen LogP contribution in [0, 0.1) is 0 Å². The molecule has 2 fully saturated rings. The number of carbonyl (C=O) groups is 1. The number of nitrogens with one attached hydrogen (secondary N) is 1. The highest BCUT2D eigenvalue weighted by Gasteiger charge is 2.55. The van der Waals surface area contributed by atoms with E-state index in [1.54, 1.807) is 13.8 Å². The van der Waals surface area contributed by atoms with E-state index >= 15 is 0 Å². The van der Waals surface area contributed by atoms with Gasteiger partial charge >= 0.3 is 11.8 Å². The molecule has 2 N–H and O–H groups in total. The number of fused-ring (bicyclic) bond motifs is 1. The van der Waals surface area contributed by atoms with Gasteiger partial charge in [0.2, 0.25) is 0 Å². The second-order valence-corrected chi connectivity index (χ2v) is 5.97. The molecule has 138 valence electrons. The van der Waals surface area contributed by atoms with Crippen molar-refractivity contribution in [2.75, 3.05) is 19.2 Å². The van der Waals surface area contributed by atoms with Crippen molar-refractivity contribution in [1.82, 2.24) is 9.55 Å². The standard InChI is InChI=1S/C14H19N3O8/c1-14(2)23-9-7(6-18)22-11(10(9)24-14)17-5-4-8(15-12(17)19)16-25-13(20)21-3/h4-5,7,9-11,18H,6H2,1-3H3,(H,15,16,19)/t7-,9-,10-,11-/m1/s1. The van der Waals surface area contributed by atoms with Crippen LogP contribution in [0.15, 0.2) is 17.1 Å². The van der Waals surface area contributed by atoms with E-state index < -0.39 is 42.2 Å². The molecule has 1 aromatic rings. The van der Waals surface area contributed by atoms with Crippen LogP contribution < -0.4 is 11.2 Å². The fourth-order valence-electron chi connectivity index (χ4n) is 2.83. The molecule has 3 heterocycles. The zero-order valence-electron chi connectivity index (χ0n) is 13.9. The fraction of sp³-hybridized carbons (Fsp3) is 0.643. The summed E-state index contributed by atoms with van der Waals surface area (Å²) in [6.45, 7) is 3.22. The van der Waals surface area contributed by atoms with E-state index in [1.807, 2.05) is 0 Å². The van der Waals surface area contributed by atoms with Gasteiger partial charge in [0.25, 0.3) is 0 Å². The highest BCUT2D eigenvalue weighted by atomic mass is 16.8. The van der Waals surface area contributed by atoms with Gasteiger partial charge in [0.15, 0.2) is 17.8 Å². The summed E-state index contributed by atoms with van der Waals surface area (Å²) in [4.78, 5) is 31.4. The number of nitrogens with zero attached hydrogens (tertiary/aromatic N) is 2. The van der Waals surface area contributed by atoms with Crippen LogP contribution in [0.5, 0.6) is 0 Å². The van der Waals surface area contributed by atoms with Gasteiger partial charge in [0, 0.05) is 12.3 Å². The van der Waals surface area contributed by atoms with E-state index in [9.17, 15) is 14.7 Å². The lowest BCUT2D eigenvalue weighted by Gasteiger charge is -2.24. The van der Waals surface area contributed by atoms with Crippen molar-refractivity contribution in [1.29, 1.82) is 0 Å². The predicted molar refractivity (Wildman–Crippen MR) is 80.4 cm³/mol. The Balaban J connectivity index is 1.79. The Morgan fingerprint density at radius 1 is 1.44 bits per heavy atom. The van der Waals surface area contributed by atoms with Crippen molar-refractivity contribution in [2.45, 2.75) is 44.2 Å². The summed E-state index contributed by atoms with van der Waals surface area (Å²) in [5.41, 5.74) is 1.54. The second-order valence-electron chi connectivity index (χ2n) is 5.97. The van der Waals surface area contributed by atoms with Gasteiger partial charge < -0.3 is 28.9 Å². The van der Waals surface area contributed by atoms with Gasteiger partial charge in [0.05, 0.1) is 13.7 Å². The summed E-state index contributed by atoms with van der Waals surface area (Å²) in [5.74, 6) is -0.832. The molecule has 0 bridgehead atoms. The van der Waals surface area contributed by atoms with Crippen molar-refractivity contribution in [3.8, 4) is 0 Å². The number of anilines is 1. The molecule has 2 aliphatic rings. The zero-order valence-corrected chi connectivity index (χ0v) is 13.9. The Labute approximate surface area is 142 Å². The number of ether oxygens (including phenoxy) is 4. The Morgan fingerprint density at radius 2 is 2.16 bits per heavy atom. The average molecular weight is 357 g/mol. The van der Waals surface area contributed by atoms with E-state index in [0.717, 1.165) is 7.11 Å². The van der Waals surface area contributed by atoms with Gasteiger partial charge in [-0.15, -0.1) is 0 Å². The topological polar surface area (TPSA) is 130 Å². The molecular formula is C14H19N3O8. The number of aliphatic hydroxyl groups is 1. The molecule has 2 saturated heterocycles. The largest absolute Gasteiger partial charge is 0.532 e. The second kappa shape index (κ2) is 6.59. The summed E-state index contributed by atoms with van der Waals surface area (Å²) in [5, 5.41) is 9.47. The molecule has 0 aromatic carbocycles. The lowest BCUT2D eigenvalue weighted by Crippen LogP contribution is -2.35. The Hall–Kier alpha value is -2.21. The Kier molecular flexibility index (Phi) is 4.64. The zero-order chi connectivity index (χ0) is 18.2. The third-order valence-electron chi connectivity index (χ3n) is 3.81. The quantitative estimate of drug-likeness (QED) is 0.550. The van der Waals surface area contributed by atoms with Crippen molar-refractivity contribution in [3.63, 3.8) is 0 Å². The number of aromatic nitrogens is 2. The van der Waals surface area contributed by atoms with Gasteiger partial charge in [-0.05, 0) is 13.8 Å². The van der Waals surface area contributed by atoms with Crippen LogP contribution in [-0.4, -0.2) is 58.6 Å². The van der Waals surface area contributed by atoms with Gasteiger partial charge in [0.1, 0.15) is 18.3 Å². The highest BCUT2D eigenvalue weighted by Crippen LogP contribution is 2.42. The number of rotatable bonds is 4. The molecule has 0 amide bonds. The minimum absolute atomic E-state index is 0.0174. The maximum atomic E-state index is 12.3. The van der Waals surface area contributed by atoms with Crippen LogP contribution in [0.1, 0.15) is 20.1 Å². The molecular weight excluding hydrogens is 338 g/mol. The SMILES string of the molecule is COC(=O)ONc1ccn([C@@H]2O[C@H](CO)[C@H]3OC(C)(C)O[C@H]32)c(=O)n1. The minimum atomic E-state index is -0.975. The first-order valence-electron chi connectivity index (χ1n) is 7.56. The minimum Gasteiger partial charge on any atom is -0.436 e. The van der Waals surface area contributed by atoms with E-state index in [1.165, 1.54) is 16.8 Å². The first-order chi connectivity index (χ1) is 11.8. The molecule has 2 aliphatic heterocycles. The average Bonchev–Trinajstić information content (AvgIpc) is 3.05. The lowest BCUT2D eigenvalue weighted by molar-refractivity contribution is -0.200. The lowest BCUT2D eigenvalue weighted by atomic mass is 10.1. The summed E-state index contributed by atoms with van der Waals surface area (Å²) < 4.78 is 22.7. The molecule has 0 unspecified atom stereocenters. The molecule has 25 heavy (non-hydrogen) atoms. The Morgan fingerprint density at radius 3 is 2.80 bits per heavy atom. The van der Waals surface area contributed by atoms with Crippen LogP contribution in [0.25, 0.3) is 0 Å². The van der Waals surface area contributed by atoms with E-state index in [0.29, 0.717) is 0 Å².